The first-order valence-electron chi connectivity index (χ1n) is 7.81. The van der Waals surface area contributed by atoms with Crippen LogP contribution in [0.3, 0.4) is 0 Å². The van der Waals surface area contributed by atoms with Gasteiger partial charge in [0, 0.05) is 11.6 Å². The van der Waals surface area contributed by atoms with Crippen LogP contribution in [-0.2, 0) is 9.84 Å². The molecule has 0 fully saturated rings. The van der Waals surface area contributed by atoms with Crippen molar-refractivity contribution in [3.8, 4) is 5.75 Å². The molecule has 7 heteroatoms. The number of carbonyl (C=O) groups is 1. The van der Waals surface area contributed by atoms with Gasteiger partial charge in [-0.1, -0.05) is 6.07 Å². The van der Waals surface area contributed by atoms with Crippen LogP contribution in [0.5, 0.6) is 5.75 Å². The van der Waals surface area contributed by atoms with Gasteiger partial charge in [-0.25, -0.2) is 12.8 Å². The zero-order chi connectivity index (χ0) is 18.4. The smallest absolute Gasteiger partial charge is 0.251 e. The Morgan fingerprint density at radius 2 is 1.84 bits per heavy atom. The fourth-order valence-electron chi connectivity index (χ4n) is 2.06. The second-order valence-corrected chi connectivity index (χ2v) is 8.18. The van der Waals surface area contributed by atoms with E-state index in [1.54, 1.807) is 19.9 Å². The average Bonchev–Trinajstić information content (AvgIpc) is 2.58. The number of ether oxygens (including phenoxy) is 1. The molecule has 0 saturated carbocycles. The van der Waals surface area contributed by atoms with Crippen molar-refractivity contribution in [2.24, 2.45) is 0 Å². The predicted molar refractivity (Wildman–Crippen MR) is 93.0 cm³/mol. The van der Waals surface area contributed by atoms with E-state index in [0.29, 0.717) is 11.3 Å². The van der Waals surface area contributed by atoms with Crippen molar-refractivity contribution in [3.05, 3.63) is 59.9 Å². The van der Waals surface area contributed by atoms with Crippen molar-refractivity contribution >= 4 is 15.7 Å². The molecule has 2 aromatic carbocycles. The maximum Gasteiger partial charge on any atom is 0.251 e. The van der Waals surface area contributed by atoms with E-state index in [1.165, 1.54) is 42.5 Å². The van der Waals surface area contributed by atoms with Gasteiger partial charge in [0.15, 0.2) is 9.84 Å². The lowest BCUT2D eigenvalue weighted by molar-refractivity contribution is 0.0947. The molecule has 0 aliphatic heterocycles. The van der Waals surface area contributed by atoms with E-state index in [4.69, 9.17) is 4.74 Å². The fraction of sp³-hybridized carbons (Fsp3) is 0.278. The van der Waals surface area contributed by atoms with Gasteiger partial charge in [-0.2, -0.15) is 0 Å². The quantitative estimate of drug-likeness (QED) is 0.766. The monoisotopic (exact) mass is 365 g/mol. The number of carbonyl (C=O) groups excluding carboxylic acids is 1. The van der Waals surface area contributed by atoms with E-state index in [0.717, 1.165) is 0 Å². The summed E-state index contributed by atoms with van der Waals surface area (Å²) in [6.07, 6.45) is 0. The molecule has 25 heavy (non-hydrogen) atoms. The van der Waals surface area contributed by atoms with Crippen LogP contribution < -0.4 is 10.1 Å². The van der Waals surface area contributed by atoms with Gasteiger partial charge in [-0.3, -0.25) is 4.79 Å². The van der Waals surface area contributed by atoms with E-state index in [9.17, 15) is 17.6 Å². The lowest BCUT2D eigenvalue weighted by Gasteiger charge is -2.10. The third kappa shape index (κ3) is 5.03. The molecule has 0 atom stereocenters. The number of amides is 1. The molecule has 1 amide bonds. The van der Waals surface area contributed by atoms with Gasteiger partial charge in [0.1, 0.15) is 18.2 Å². The summed E-state index contributed by atoms with van der Waals surface area (Å²) in [6, 6.07) is 11.5. The minimum absolute atomic E-state index is 0.188. The fourth-order valence-corrected chi connectivity index (χ4v) is 3.12. The Morgan fingerprint density at radius 1 is 1.16 bits per heavy atom. The number of nitrogens with one attached hydrogen (secondary N) is 1. The Balaban J connectivity index is 1.87. The molecule has 0 aliphatic carbocycles. The third-order valence-electron chi connectivity index (χ3n) is 3.52. The lowest BCUT2D eigenvalue weighted by atomic mass is 10.2. The van der Waals surface area contributed by atoms with Crippen molar-refractivity contribution < 1.29 is 22.3 Å². The molecule has 0 bridgehead atoms. The third-order valence-corrected chi connectivity index (χ3v) is 5.69. The summed E-state index contributed by atoms with van der Waals surface area (Å²) < 4.78 is 42.4. The highest BCUT2D eigenvalue weighted by Crippen LogP contribution is 2.16. The summed E-state index contributed by atoms with van der Waals surface area (Å²) in [4.78, 5) is 12.2. The van der Waals surface area contributed by atoms with Crippen LogP contribution in [0.2, 0.25) is 0 Å². The standard InChI is InChI=1S/C18H20FNO4S/c1-13(2)25(22,23)17-8-6-14(7-9-17)18(21)20-10-11-24-16-5-3-4-15(19)12-16/h3-9,12-13H,10-11H2,1-2H3,(H,20,21). The van der Waals surface area contributed by atoms with Crippen LogP contribution in [0.4, 0.5) is 4.39 Å². The second-order valence-electron chi connectivity index (χ2n) is 5.68. The van der Waals surface area contributed by atoms with Gasteiger partial charge in [0.05, 0.1) is 16.7 Å². The zero-order valence-electron chi connectivity index (χ0n) is 14.0. The van der Waals surface area contributed by atoms with Crippen molar-refractivity contribution in [3.63, 3.8) is 0 Å². The van der Waals surface area contributed by atoms with E-state index >= 15 is 0 Å². The number of hydrogen-bond donors (Lipinski definition) is 1. The first-order valence-corrected chi connectivity index (χ1v) is 9.36. The Bertz CT molecular complexity index is 832. The van der Waals surface area contributed by atoms with Crippen molar-refractivity contribution in [2.45, 2.75) is 24.0 Å². The van der Waals surface area contributed by atoms with Crippen LogP contribution in [0.1, 0.15) is 24.2 Å². The Hall–Kier alpha value is -2.41. The summed E-state index contributed by atoms with van der Waals surface area (Å²) in [5.41, 5.74) is 0.355. The minimum Gasteiger partial charge on any atom is -0.492 e. The molecular formula is C18H20FNO4S. The van der Waals surface area contributed by atoms with Crippen molar-refractivity contribution in [2.75, 3.05) is 13.2 Å². The molecule has 0 unspecified atom stereocenters. The van der Waals surface area contributed by atoms with Crippen LogP contribution in [0, 0.1) is 5.82 Å². The summed E-state index contributed by atoms with van der Waals surface area (Å²) in [7, 11) is -3.36. The van der Waals surface area contributed by atoms with Crippen LogP contribution in [0.15, 0.2) is 53.4 Å². The summed E-state index contributed by atoms with van der Waals surface area (Å²) >= 11 is 0. The number of rotatable bonds is 7. The molecule has 0 aliphatic rings. The number of benzene rings is 2. The van der Waals surface area contributed by atoms with E-state index in [1.807, 2.05) is 0 Å². The lowest BCUT2D eigenvalue weighted by Crippen LogP contribution is -2.28. The first kappa shape index (κ1) is 18.9. The van der Waals surface area contributed by atoms with Gasteiger partial charge in [-0.05, 0) is 50.2 Å². The SMILES string of the molecule is CC(C)S(=O)(=O)c1ccc(C(=O)NCCOc2cccc(F)c2)cc1. The van der Waals surface area contributed by atoms with E-state index < -0.39 is 20.9 Å². The Morgan fingerprint density at radius 3 is 2.44 bits per heavy atom. The normalized spacial score (nSPS) is 11.4. The zero-order valence-corrected chi connectivity index (χ0v) is 14.8. The molecule has 2 rings (SSSR count). The average molecular weight is 365 g/mol. The molecule has 0 aromatic heterocycles. The Kier molecular flexibility index (Phi) is 6.14. The number of sulfone groups is 1. The van der Waals surface area contributed by atoms with Crippen LogP contribution in [0.25, 0.3) is 0 Å². The second kappa shape index (κ2) is 8.11. The van der Waals surface area contributed by atoms with Crippen molar-refractivity contribution in [1.29, 1.82) is 0 Å². The highest BCUT2D eigenvalue weighted by atomic mass is 32.2. The minimum atomic E-state index is -3.36. The van der Waals surface area contributed by atoms with Gasteiger partial charge >= 0.3 is 0 Å². The van der Waals surface area contributed by atoms with Gasteiger partial charge in [0.25, 0.3) is 5.91 Å². The van der Waals surface area contributed by atoms with Gasteiger partial charge in [0.2, 0.25) is 0 Å². The number of halogens is 1. The van der Waals surface area contributed by atoms with Gasteiger partial charge in [-0.15, -0.1) is 0 Å². The highest BCUT2D eigenvalue weighted by molar-refractivity contribution is 7.92. The van der Waals surface area contributed by atoms with E-state index in [-0.39, 0.29) is 24.0 Å². The Labute approximate surface area is 146 Å². The van der Waals surface area contributed by atoms with Crippen LogP contribution >= 0.6 is 0 Å². The summed E-state index contributed by atoms with van der Waals surface area (Å²) in [6.45, 7) is 3.64. The first-order chi connectivity index (χ1) is 11.8. The van der Waals surface area contributed by atoms with Crippen molar-refractivity contribution in [1.82, 2.24) is 5.32 Å². The molecule has 0 saturated heterocycles. The van der Waals surface area contributed by atoms with Crippen LogP contribution in [-0.4, -0.2) is 32.7 Å². The maximum absolute atomic E-state index is 13.0. The summed E-state index contributed by atoms with van der Waals surface area (Å²) in [5.74, 6) is -0.341. The topological polar surface area (TPSA) is 72.5 Å². The molecule has 5 nitrogen and oxygen atoms in total. The summed E-state index contributed by atoms with van der Waals surface area (Å²) in [5, 5.41) is 2.14. The maximum atomic E-state index is 13.0. The number of hydrogen-bond acceptors (Lipinski definition) is 4. The molecule has 0 spiro atoms. The highest BCUT2D eigenvalue weighted by Gasteiger charge is 2.19. The molecule has 2 aromatic rings. The molecule has 0 radical (unpaired) electrons. The molecule has 134 valence electrons. The largest absolute Gasteiger partial charge is 0.492 e. The van der Waals surface area contributed by atoms with E-state index in [2.05, 4.69) is 5.32 Å². The molecular weight excluding hydrogens is 345 g/mol. The predicted octanol–water partition coefficient (Wildman–Crippen LogP) is 2.82. The molecule has 0 heterocycles. The van der Waals surface area contributed by atoms with Gasteiger partial charge < -0.3 is 10.1 Å². The molecule has 1 N–H and O–H groups in total.